The quantitative estimate of drug-likeness (QED) is 0.847. The molecule has 20 heavy (non-hydrogen) atoms. The van der Waals surface area contributed by atoms with Crippen LogP contribution in [0.4, 0.5) is 11.8 Å². The van der Waals surface area contributed by atoms with Gasteiger partial charge in [0, 0.05) is 28.1 Å². The van der Waals surface area contributed by atoms with E-state index in [-0.39, 0.29) is 0 Å². The Balaban J connectivity index is 2.04. The summed E-state index contributed by atoms with van der Waals surface area (Å²) in [6.45, 7) is 10.2. The van der Waals surface area contributed by atoms with Gasteiger partial charge in [0.25, 0.3) is 0 Å². The Kier molecular flexibility index (Phi) is 4.95. The number of aromatic nitrogens is 2. The first kappa shape index (κ1) is 14.8. The smallest absolute Gasteiger partial charge is 0.224 e. The molecule has 0 bridgehead atoms. The molecule has 0 saturated heterocycles. The molecule has 0 aliphatic heterocycles. The topological polar surface area (TPSA) is 49.8 Å². The maximum absolute atomic E-state index is 4.53. The average Bonchev–Trinajstić information content (AvgIpc) is 2.75. The SMILES string of the molecule is CCCNc1ncc(C)c(NCc2cc(C)c(C)s2)n1. The average molecular weight is 290 g/mol. The van der Waals surface area contributed by atoms with Gasteiger partial charge >= 0.3 is 0 Å². The van der Waals surface area contributed by atoms with E-state index in [0.717, 1.165) is 30.9 Å². The van der Waals surface area contributed by atoms with Gasteiger partial charge in [0.15, 0.2) is 0 Å². The molecule has 0 unspecified atom stereocenters. The molecule has 2 aromatic rings. The minimum absolute atomic E-state index is 0.693. The first-order valence-electron chi connectivity index (χ1n) is 6.97. The molecular weight excluding hydrogens is 268 g/mol. The van der Waals surface area contributed by atoms with E-state index >= 15 is 0 Å². The first-order valence-corrected chi connectivity index (χ1v) is 7.79. The third kappa shape index (κ3) is 3.70. The molecule has 0 aromatic carbocycles. The summed E-state index contributed by atoms with van der Waals surface area (Å²) < 4.78 is 0. The number of thiophene rings is 1. The second-order valence-electron chi connectivity index (χ2n) is 4.96. The molecule has 0 spiro atoms. The summed E-state index contributed by atoms with van der Waals surface area (Å²) in [5.74, 6) is 1.60. The number of nitrogens with zero attached hydrogens (tertiary/aromatic N) is 2. The molecule has 2 heterocycles. The lowest BCUT2D eigenvalue weighted by Gasteiger charge is -2.09. The highest BCUT2D eigenvalue weighted by molar-refractivity contribution is 7.12. The molecule has 0 amide bonds. The van der Waals surface area contributed by atoms with E-state index in [9.17, 15) is 0 Å². The lowest BCUT2D eigenvalue weighted by atomic mass is 10.3. The molecule has 0 fully saturated rings. The highest BCUT2D eigenvalue weighted by Crippen LogP contribution is 2.22. The molecule has 0 saturated carbocycles. The van der Waals surface area contributed by atoms with Crippen molar-refractivity contribution in [2.24, 2.45) is 0 Å². The van der Waals surface area contributed by atoms with Crippen LogP contribution in [0.1, 0.15) is 34.2 Å². The monoisotopic (exact) mass is 290 g/mol. The Morgan fingerprint density at radius 2 is 1.95 bits per heavy atom. The first-order chi connectivity index (χ1) is 9.60. The highest BCUT2D eigenvalue weighted by atomic mass is 32.1. The molecule has 108 valence electrons. The van der Waals surface area contributed by atoms with Gasteiger partial charge in [0.2, 0.25) is 5.95 Å². The van der Waals surface area contributed by atoms with Crippen LogP contribution in [-0.4, -0.2) is 16.5 Å². The number of aryl methyl sites for hydroxylation is 3. The number of nitrogens with one attached hydrogen (secondary N) is 2. The van der Waals surface area contributed by atoms with Gasteiger partial charge in [0.1, 0.15) is 5.82 Å². The predicted octanol–water partition coefficient (Wildman–Crippen LogP) is 3.90. The van der Waals surface area contributed by atoms with Crippen molar-refractivity contribution in [3.8, 4) is 0 Å². The molecule has 4 nitrogen and oxygen atoms in total. The van der Waals surface area contributed by atoms with Crippen molar-refractivity contribution in [3.63, 3.8) is 0 Å². The normalized spacial score (nSPS) is 10.6. The van der Waals surface area contributed by atoms with Gasteiger partial charge < -0.3 is 10.6 Å². The van der Waals surface area contributed by atoms with Crippen molar-refractivity contribution in [2.75, 3.05) is 17.2 Å². The zero-order valence-corrected chi connectivity index (χ0v) is 13.4. The fourth-order valence-electron chi connectivity index (χ4n) is 1.85. The van der Waals surface area contributed by atoms with Gasteiger partial charge in [-0.05, 0) is 38.8 Å². The van der Waals surface area contributed by atoms with Crippen molar-refractivity contribution in [1.29, 1.82) is 0 Å². The Bertz CT molecular complexity index is 558. The van der Waals surface area contributed by atoms with E-state index in [1.54, 1.807) is 0 Å². The van der Waals surface area contributed by atoms with Crippen molar-refractivity contribution < 1.29 is 0 Å². The van der Waals surface area contributed by atoms with Crippen LogP contribution in [0.5, 0.6) is 0 Å². The van der Waals surface area contributed by atoms with E-state index in [0.29, 0.717) is 5.95 Å². The molecule has 0 atom stereocenters. The van der Waals surface area contributed by atoms with Gasteiger partial charge in [0.05, 0.1) is 6.54 Å². The van der Waals surface area contributed by atoms with Gasteiger partial charge in [-0.3, -0.25) is 0 Å². The fourth-order valence-corrected chi connectivity index (χ4v) is 2.84. The van der Waals surface area contributed by atoms with Crippen LogP contribution < -0.4 is 10.6 Å². The molecule has 2 aromatic heterocycles. The molecule has 0 aliphatic carbocycles. The second kappa shape index (κ2) is 6.70. The van der Waals surface area contributed by atoms with E-state index in [2.05, 4.69) is 47.4 Å². The Labute approximate surface area is 124 Å². The number of anilines is 2. The van der Waals surface area contributed by atoms with Crippen molar-refractivity contribution in [2.45, 2.75) is 40.7 Å². The van der Waals surface area contributed by atoms with Crippen molar-refractivity contribution in [1.82, 2.24) is 9.97 Å². The standard InChI is InChI=1S/C15H22N4S/c1-5-6-16-15-18-8-11(3)14(19-15)17-9-13-7-10(2)12(4)20-13/h7-8H,5-6,9H2,1-4H3,(H2,16,17,18,19). The van der Waals surface area contributed by atoms with Crippen LogP contribution in [0, 0.1) is 20.8 Å². The summed E-state index contributed by atoms with van der Waals surface area (Å²) in [4.78, 5) is 11.5. The van der Waals surface area contributed by atoms with Crippen LogP contribution in [-0.2, 0) is 6.54 Å². The van der Waals surface area contributed by atoms with E-state index in [4.69, 9.17) is 0 Å². The van der Waals surface area contributed by atoms with E-state index in [1.807, 2.05) is 24.5 Å². The van der Waals surface area contributed by atoms with Crippen molar-refractivity contribution in [3.05, 3.63) is 33.1 Å². The third-order valence-electron chi connectivity index (χ3n) is 3.15. The molecule has 2 N–H and O–H groups in total. The summed E-state index contributed by atoms with van der Waals surface area (Å²) in [6, 6.07) is 2.24. The minimum Gasteiger partial charge on any atom is -0.365 e. The maximum atomic E-state index is 4.53. The molecule has 0 aliphatic rings. The van der Waals surface area contributed by atoms with E-state index < -0.39 is 0 Å². The number of hydrogen-bond acceptors (Lipinski definition) is 5. The summed E-state index contributed by atoms with van der Waals surface area (Å²) in [5, 5.41) is 6.62. The van der Waals surface area contributed by atoms with Crippen LogP contribution in [0.25, 0.3) is 0 Å². The lowest BCUT2D eigenvalue weighted by molar-refractivity contribution is 0.947. The number of hydrogen-bond donors (Lipinski definition) is 2. The van der Waals surface area contributed by atoms with Crippen LogP contribution in [0.15, 0.2) is 12.3 Å². The maximum Gasteiger partial charge on any atom is 0.224 e. The third-order valence-corrected chi connectivity index (χ3v) is 4.30. The molecule has 5 heteroatoms. The largest absolute Gasteiger partial charge is 0.365 e. The molecule has 2 rings (SSSR count). The highest BCUT2D eigenvalue weighted by Gasteiger charge is 2.05. The van der Waals surface area contributed by atoms with Crippen LogP contribution in [0.3, 0.4) is 0 Å². The Morgan fingerprint density at radius 1 is 1.15 bits per heavy atom. The second-order valence-corrected chi connectivity index (χ2v) is 6.30. The lowest BCUT2D eigenvalue weighted by Crippen LogP contribution is -2.08. The summed E-state index contributed by atoms with van der Waals surface area (Å²) in [6.07, 6.45) is 2.92. The fraction of sp³-hybridized carbons (Fsp3) is 0.467. The minimum atomic E-state index is 0.693. The summed E-state index contributed by atoms with van der Waals surface area (Å²) in [7, 11) is 0. The summed E-state index contributed by atoms with van der Waals surface area (Å²) in [5.41, 5.74) is 2.42. The summed E-state index contributed by atoms with van der Waals surface area (Å²) >= 11 is 1.84. The van der Waals surface area contributed by atoms with Gasteiger partial charge in [-0.1, -0.05) is 6.92 Å². The zero-order valence-electron chi connectivity index (χ0n) is 12.6. The number of rotatable bonds is 6. The molecule has 0 radical (unpaired) electrons. The Morgan fingerprint density at radius 3 is 2.60 bits per heavy atom. The Hall–Kier alpha value is -1.62. The van der Waals surface area contributed by atoms with Gasteiger partial charge in [-0.2, -0.15) is 4.98 Å². The van der Waals surface area contributed by atoms with Crippen molar-refractivity contribution >= 4 is 23.1 Å². The van der Waals surface area contributed by atoms with E-state index in [1.165, 1.54) is 15.3 Å². The van der Waals surface area contributed by atoms with Crippen LogP contribution in [0.2, 0.25) is 0 Å². The van der Waals surface area contributed by atoms with Gasteiger partial charge in [-0.25, -0.2) is 4.98 Å². The zero-order chi connectivity index (χ0) is 14.5. The molecular formula is C15H22N4S. The predicted molar refractivity (Wildman–Crippen MR) is 86.7 cm³/mol. The van der Waals surface area contributed by atoms with Gasteiger partial charge in [-0.15, -0.1) is 11.3 Å². The van der Waals surface area contributed by atoms with Crippen LogP contribution >= 0.6 is 11.3 Å².